The number of amides is 5. The molecular weight excluding hydrogens is 642 g/mol. The summed E-state index contributed by atoms with van der Waals surface area (Å²) in [5.74, 6) is 1.02. The Bertz CT molecular complexity index is 1470. The lowest BCUT2D eigenvalue weighted by Gasteiger charge is -2.36. The van der Waals surface area contributed by atoms with E-state index in [9.17, 15) is 19.5 Å². The number of ether oxygens (including phenoxy) is 4. The molecule has 13 heteroatoms. The van der Waals surface area contributed by atoms with Crippen molar-refractivity contribution in [1.82, 2.24) is 15.1 Å². The Hall–Kier alpha value is -4.23. The second-order valence-electron chi connectivity index (χ2n) is 13.8. The lowest BCUT2D eigenvalue weighted by Crippen LogP contribution is -2.50. The molecule has 3 aliphatic rings. The van der Waals surface area contributed by atoms with Gasteiger partial charge in [0.15, 0.2) is 11.5 Å². The molecule has 13 nitrogen and oxygen atoms in total. The number of aliphatic hydroxyl groups excluding tert-OH is 1. The Morgan fingerprint density at radius 2 is 1.62 bits per heavy atom. The van der Waals surface area contributed by atoms with E-state index in [1.807, 2.05) is 13.8 Å². The van der Waals surface area contributed by atoms with E-state index >= 15 is 0 Å². The SMILES string of the molecule is C[C@H]1CCCCO[C@H](CN(C)C(=O)NC2CCCCC2)[C@@H](C)CN([C@@H](C)CO)C(=O)c2cc(NC(=O)Nc3ccc4c(c3)OCO4)ccc2O1. The number of anilines is 2. The summed E-state index contributed by atoms with van der Waals surface area (Å²) in [7, 11) is 1.78. The van der Waals surface area contributed by atoms with Crippen molar-refractivity contribution < 1.29 is 38.4 Å². The highest BCUT2D eigenvalue weighted by Crippen LogP contribution is 2.34. The van der Waals surface area contributed by atoms with Crippen LogP contribution in [0, 0.1) is 5.92 Å². The Balaban J connectivity index is 1.34. The molecule has 4 atom stereocenters. The van der Waals surface area contributed by atoms with Crippen molar-refractivity contribution in [3.05, 3.63) is 42.0 Å². The van der Waals surface area contributed by atoms with Crippen LogP contribution in [0.15, 0.2) is 36.4 Å². The Morgan fingerprint density at radius 3 is 2.36 bits per heavy atom. The van der Waals surface area contributed by atoms with Crippen LogP contribution in [0.2, 0.25) is 0 Å². The minimum Gasteiger partial charge on any atom is -0.490 e. The number of likely N-dealkylation sites (N-methyl/N-ethyl adjacent to an activating group) is 1. The number of hydrogen-bond donors (Lipinski definition) is 4. The molecule has 1 fully saturated rings. The van der Waals surface area contributed by atoms with Gasteiger partial charge in [0.1, 0.15) is 5.75 Å². The predicted molar refractivity (Wildman–Crippen MR) is 190 cm³/mol. The van der Waals surface area contributed by atoms with Gasteiger partial charge in [0.2, 0.25) is 6.79 Å². The maximum Gasteiger partial charge on any atom is 0.323 e. The number of benzene rings is 2. The number of nitrogens with one attached hydrogen (secondary N) is 3. The third-order valence-corrected chi connectivity index (χ3v) is 9.67. The molecule has 2 aromatic carbocycles. The number of aliphatic hydroxyl groups is 1. The second kappa shape index (κ2) is 17.6. The molecule has 0 radical (unpaired) electrons. The van der Waals surface area contributed by atoms with Crippen molar-refractivity contribution >= 4 is 29.3 Å². The fraction of sp³-hybridized carbons (Fsp3) is 0.595. The summed E-state index contributed by atoms with van der Waals surface area (Å²) in [6.45, 7) is 6.77. The standard InChI is InChI=1S/C37H53N5O8/c1-24-20-42(25(2)22-43)35(44)30-18-28(38-36(45)39-29-14-16-32-33(19-29)49-23-48-32)13-15-31(30)50-26(3)10-8-9-17-47-34(24)21-41(4)37(46)40-27-11-6-5-7-12-27/h13-16,18-19,24-27,34,43H,5-12,17,20-23H2,1-4H3,(H,40,46)(H2,38,39,45)/t24-,25-,26-,34+/m0/s1. The van der Waals surface area contributed by atoms with Gasteiger partial charge in [-0.2, -0.15) is 0 Å². The fourth-order valence-corrected chi connectivity index (χ4v) is 6.62. The van der Waals surface area contributed by atoms with Gasteiger partial charge in [0.05, 0.1) is 30.4 Å². The van der Waals surface area contributed by atoms with Crippen LogP contribution in [-0.2, 0) is 4.74 Å². The first kappa shape index (κ1) is 37.0. The number of carbonyl (C=O) groups excluding carboxylic acids is 3. The topological polar surface area (TPSA) is 151 Å². The van der Waals surface area contributed by atoms with Crippen LogP contribution in [0.3, 0.4) is 0 Å². The fourth-order valence-electron chi connectivity index (χ4n) is 6.62. The third-order valence-electron chi connectivity index (χ3n) is 9.67. The largest absolute Gasteiger partial charge is 0.490 e. The molecule has 5 rings (SSSR count). The van der Waals surface area contributed by atoms with Gasteiger partial charge in [0.25, 0.3) is 5.91 Å². The first-order chi connectivity index (χ1) is 24.1. The van der Waals surface area contributed by atoms with E-state index in [-0.39, 0.29) is 61.6 Å². The summed E-state index contributed by atoms with van der Waals surface area (Å²) in [4.78, 5) is 43.9. The average Bonchev–Trinajstić information content (AvgIpc) is 3.58. The van der Waals surface area contributed by atoms with Gasteiger partial charge >= 0.3 is 12.1 Å². The lowest BCUT2D eigenvalue weighted by atomic mass is 9.96. The number of carbonyl (C=O) groups is 3. The molecule has 0 saturated heterocycles. The molecule has 4 N–H and O–H groups in total. The Kier molecular flexibility index (Phi) is 13.1. The van der Waals surface area contributed by atoms with Crippen molar-refractivity contribution in [2.75, 3.05) is 50.8 Å². The summed E-state index contributed by atoms with van der Waals surface area (Å²) in [6.07, 6.45) is 7.35. The molecule has 50 heavy (non-hydrogen) atoms. The van der Waals surface area contributed by atoms with Gasteiger partial charge in [-0.3, -0.25) is 4.79 Å². The first-order valence-corrected chi connectivity index (χ1v) is 17.9. The number of nitrogens with zero attached hydrogens (tertiary/aromatic N) is 2. The van der Waals surface area contributed by atoms with Gasteiger partial charge < -0.3 is 49.8 Å². The van der Waals surface area contributed by atoms with Gasteiger partial charge in [-0.15, -0.1) is 0 Å². The molecule has 2 aliphatic heterocycles. The monoisotopic (exact) mass is 695 g/mol. The number of rotatable bonds is 7. The minimum absolute atomic E-state index is 0.119. The quantitative estimate of drug-likeness (QED) is 0.283. The van der Waals surface area contributed by atoms with Crippen molar-refractivity contribution in [3.8, 4) is 17.2 Å². The molecule has 1 aliphatic carbocycles. The van der Waals surface area contributed by atoms with E-state index < -0.39 is 12.1 Å². The van der Waals surface area contributed by atoms with Crippen LogP contribution >= 0.6 is 0 Å². The smallest absolute Gasteiger partial charge is 0.323 e. The van der Waals surface area contributed by atoms with Gasteiger partial charge in [0, 0.05) is 56.1 Å². The first-order valence-electron chi connectivity index (χ1n) is 17.9. The van der Waals surface area contributed by atoms with Crippen molar-refractivity contribution in [2.45, 2.75) is 96.4 Å². The number of hydrogen-bond acceptors (Lipinski definition) is 8. The van der Waals surface area contributed by atoms with E-state index in [1.165, 1.54) is 6.42 Å². The van der Waals surface area contributed by atoms with Crippen molar-refractivity contribution in [1.29, 1.82) is 0 Å². The number of fused-ring (bicyclic) bond motifs is 2. The van der Waals surface area contributed by atoms with E-state index in [2.05, 4.69) is 16.0 Å². The lowest BCUT2D eigenvalue weighted by molar-refractivity contribution is -0.0123. The summed E-state index contributed by atoms with van der Waals surface area (Å²) < 4.78 is 23.5. The predicted octanol–water partition coefficient (Wildman–Crippen LogP) is 5.83. The molecule has 2 heterocycles. The van der Waals surface area contributed by atoms with Crippen LogP contribution in [-0.4, -0.2) is 97.3 Å². The highest BCUT2D eigenvalue weighted by molar-refractivity contribution is 6.02. The second-order valence-corrected chi connectivity index (χ2v) is 13.8. The van der Waals surface area contributed by atoms with Gasteiger partial charge in [-0.1, -0.05) is 26.2 Å². The van der Waals surface area contributed by atoms with Gasteiger partial charge in [-0.25, -0.2) is 9.59 Å². The minimum atomic E-state index is -0.526. The van der Waals surface area contributed by atoms with E-state index in [4.69, 9.17) is 18.9 Å². The van der Waals surface area contributed by atoms with Crippen LogP contribution < -0.4 is 30.2 Å². The molecule has 0 spiro atoms. The normalized spacial score (nSPS) is 22.4. The molecule has 0 aromatic heterocycles. The van der Waals surface area contributed by atoms with Crippen molar-refractivity contribution in [2.24, 2.45) is 5.92 Å². The van der Waals surface area contributed by atoms with E-state index in [1.54, 1.807) is 60.2 Å². The highest BCUT2D eigenvalue weighted by Gasteiger charge is 2.31. The average molecular weight is 696 g/mol. The van der Waals surface area contributed by atoms with Crippen LogP contribution in [0.25, 0.3) is 0 Å². The summed E-state index contributed by atoms with van der Waals surface area (Å²) in [5.41, 5.74) is 1.18. The molecule has 2 aromatic rings. The Labute approximate surface area is 294 Å². The molecule has 1 saturated carbocycles. The molecular formula is C37H53N5O8. The zero-order valence-corrected chi connectivity index (χ0v) is 29.7. The highest BCUT2D eigenvalue weighted by atomic mass is 16.7. The van der Waals surface area contributed by atoms with E-state index in [0.717, 1.165) is 44.9 Å². The van der Waals surface area contributed by atoms with E-state index in [0.29, 0.717) is 41.8 Å². The molecule has 274 valence electrons. The van der Waals surface area contributed by atoms with Crippen LogP contribution in [0.5, 0.6) is 17.2 Å². The third kappa shape index (κ3) is 9.94. The van der Waals surface area contributed by atoms with Gasteiger partial charge in [-0.05, 0) is 76.3 Å². The zero-order valence-electron chi connectivity index (χ0n) is 29.7. The summed E-state index contributed by atoms with van der Waals surface area (Å²) in [6, 6.07) is 9.15. The maximum atomic E-state index is 14.4. The molecule has 0 bridgehead atoms. The maximum absolute atomic E-state index is 14.4. The summed E-state index contributed by atoms with van der Waals surface area (Å²) >= 11 is 0. The van der Waals surface area contributed by atoms with Crippen LogP contribution in [0.1, 0.15) is 82.5 Å². The van der Waals surface area contributed by atoms with Crippen LogP contribution in [0.4, 0.5) is 21.0 Å². The molecule has 0 unspecified atom stereocenters. The number of urea groups is 2. The summed E-state index contributed by atoms with van der Waals surface area (Å²) in [5, 5.41) is 19.1. The van der Waals surface area contributed by atoms with Crippen molar-refractivity contribution in [3.63, 3.8) is 0 Å². The Morgan fingerprint density at radius 1 is 0.940 bits per heavy atom. The zero-order chi connectivity index (χ0) is 35.6. The molecule has 5 amide bonds.